The van der Waals surface area contributed by atoms with E-state index in [1.807, 2.05) is 22.7 Å². The van der Waals surface area contributed by atoms with Gasteiger partial charge in [0.05, 0.1) is 10.2 Å². The maximum absolute atomic E-state index is 2.58. The largest absolute Gasteiger partial charge is 0.331 e. The number of nitrogens with zero attached hydrogens (tertiary/aromatic N) is 1. The molecule has 5 aromatic rings. The Morgan fingerprint density at radius 2 is 1.57 bits per heavy atom. The lowest BCUT2D eigenvalue weighted by atomic mass is 10.2. The van der Waals surface area contributed by atoms with Crippen LogP contribution in [0.5, 0.6) is 0 Å². The number of hydrogen-bond donors (Lipinski definition) is 0. The van der Waals surface area contributed by atoms with Crippen LogP contribution in [0.15, 0.2) is 48.5 Å². The van der Waals surface area contributed by atoms with Crippen molar-refractivity contribution < 1.29 is 0 Å². The van der Waals surface area contributed by atoms with E-state index in [4.69, 9.17) is 0 Å². The van der Waals surface area contributed by atoms with Gasteiger partial charge < -0.3 is 4.57 Å². The van der Waals surface area contributed by atoms with Gasteiger partial charge in [-0.25, -0.2) is 0 Å². The number of rotatable bonds is 3. The second-order valence-corrected chi connectivity index (χ2v) is 8.14. The molecule has 0 aliphatic heterocycles. The minimum atomic E-state index is 1.12. The Labute approximate surface area is 142 Å². The normalized spacial score (nSPS) is 12.2. The summed E-state index contributed by atoms with van der Waals surface area (Å²) in [5.74, 6) is 0. The highest BCUT2D eigenvalue weighted by molar-refractivity contribution is 7.30. The van der Waals surface area contributed by atoms with Crippen molar-refractivity contribution >= 4 is 63.3 Å². The molecule has 3 heterocycles. The Balaban J connectivity index is 2.01. The topological polar surface area (TPSA) is 4.93 Å². The standard InChI is InChI=1S/C20H17NS2/c1-2-3-12-21-18-14-9-5-7-11-16(14)22-19(18)17-13-8-4-6-10-15(13)23-20(17)21/h4-11H,2-3,12H2,1H3. The number of benzene rings is 2. The predicted molar refractivity (Wildman–Crippen MR) is 105 cm³/mol. The number of hydrogen-bond acceptors (Lipinski definition) is 2. The van der Waals surface area contributed by atoms with E-state index in [1.54, 1.807) is 0 Å². The van der Waals surface area contributed by atoms with Gasteiger partial charge in [-0.15, -0.1) is 22.7 Å². The summed E-state index contributed by atoms with van der Waals surface area (Å²) in [6, 6.07) is 17.7. The van der Waals surface area contributed by atoms with Gasteiger partial charge >= 0.3 is 0 Å². The summed E-state index contributed by atoms with van der Waals surface area (Å²) < 4.78 is 6.86. The Bertz CT molecular complexity index is 1160. The van der Waals surface area contributed by atoms with Crippen LogP contribution in [0.3, 0.4) is 0 Å². The van der Waals surface area contributed by atoms with Gasteiger partial charge in [0.15, 0.2) is 0 Å². The Morgan fingerprint density at radius 3 is 2.35 bits per heavy atom. The summed E-state index contributed by atoms with van der Waals surface area (Å²) in [6.45, 7) is 3.39. The first-order chi connectivity index (χ1) is 11.4. The van der Waals surface area contributed by atoms with Crippen molar-refractivity contribution in [3.8, 4) is 0 Å². The quantitative estimate of drug-likeness (QED) is 0.334. The fourth-order valence-corrected chi connectivity index (χ4v) is 6.12. The van der Waals surface area contributed by atoms with E-state index < -0.39 is 0 Å². The van der Waals surface area contributed by atoms with Crippen LogP contribution in [0.1, 0.15) is 19.8 Å². The van der Waals surface area contributed by atoms with Crippen LogP contribution in [-0.2, 0) is 6.54 Å². The first kappa shape index (κ1) is 13.6. The highest BCUT2D eigenvalue weighted by atomic mass is 32.1. The second-order valence-electron chi connectivity index (χ2n) is 6.06. The monoisotopic (exact) mass is 335 g/mol. The van der Waals surface area contributed by atoms with Crippen molar-refractivity contribution in [1.29, 1.82) is 0 Å². The summed E-state index contributed by atoms with van der Waals surface area (Å²) in [5, 5.41) is 4.30. The molecule has 0 fully saturated rings. The first-order valence-corrected chi connectivity index (χ1v) is 9.82. The molecular weight excluding hydrogens is 318 g/mol. The first-order valence-electron chi connectivity index (χ1n) is 8.19. The van der Waals surface area contributed by atoms with Crippen LogP contribution in [-0.4, -0.2) is 4.57 Å². The zero-order valence-corrected chi connectivity index (χ0v) is 14.6. The molecule has 0 atom stereocenters. The van der Waals surface area contributed by atoms with Gasteiger partial charge in [0, 0.05) is 32.1 Å². The minimum Gasteiger partial charge on any atom is -0.331 e. The average molecular weight is 335 g/mol. The van der Waals surface area contributed by atoms with Gasteiger partial charge in [0.2, 0.25) is 0 Å². The Morgan fingerprint density at radius 1 is 0.870 bits per heavy atom. The number of thiophene rings is 2. The molecule has 0 unspecified atom stereocenters. The van der Waals surface area contributed by atoms with Crippen molar-refractivity contribution in [3.05, 3.63) is 48.5 Å². The van der Waals surface area contributed by atoms with Gasteiger partial charge in [-0.05, 0) is 18.6 Å². The molecule has 0 N–H and O–H groups in total. The summed E-state index contributed by atoms with van der Waals surface area (Å²) in [7, 11) is 0. The zero-order valence-electron chi connectivity index (χ0n) is 13.0. The number of aromatic nitrogens is 1. The number of aryl methyl sites for hydroxylation is 1. The molecule has 0 radical (unpaired) electrons. The van der Waals surface area contributed by atoms with Crippen molar-refractivity contribution in [1.82, 2.24) is 4.57 Å². The molecule has 0 amide bonds. The molecule has 0 spiro atoms. The van der Waals surface area contributed by atoms with Gasteiger partial charge in [0.1, 0.15) is 4.83 Å². The molecule has 3 aromatic heterocycles. The van der Waals surface area contributed by atoms with Crippen molar-refractivity contribution in [2.24, 2.45) is 0 Å². The third kappa shape index (κ3) is 1.84. The molecule has 1 nitrogen and oxygen atoms in total. The predicted octanol–water partition coefficient (Wildman–Crippen LogP) is 7.02. The van der Waals surface area contributed by atoms with E-state index in [0.29, 0.717) is 0 Å². The molecular formula is C20H17NS2. The SMILES string of the molecule is CCCCn1c2sc3ccccc3c2c2sc3ccccc3c21. The smallest absolute Gasteiger partial charge is 0.105 e. The lowest BCUT2D eigenvalue weighted by Gasteiger charge is -2.04. The molecule has 23 heavy (non-hydrogen) atoms. The van der Waals surface area contributed by atoms with E-state index in [0.717, 1.165) is 6.54 Å². The van der Waals surface area contributed by atoms with E-state index >= 15 is 0 Å². The lowest BCUT2D eigenvalue weighted by molar-refractivity contribution is 0.668. The molecule has 0 bridgehead atoms. The van der Waals surface area contributed by atoms with Crippen molar-refractivity contribution in [2.45, 2.75) is 26.3 Å². The van der Waals surface area contributed by atoms with Gasteiger partial charge in [0.25, 0.3) is 0 Å². The van der Waals surface area contributed by atoms with E-state index in [-0.39, 0.29) is 0 Å². The van der Waals surface area contributed by atoms with E-state index in [1.165, 1.54) is 53.4 Å². The van der Waals surface area contributed by atoms with Crippen LogP contribution < -0.4 is 0 Å². The van der Waals surface area contributed by atoms with Crippen molar-refractivity contribution in [3.63, 3.8) is 0 Å². The third-order valence-corrected chi connectivity index (χ3v) is 6.99. The summed E-state index contributed by atoms with van der Waals surface area (Å²) in [6.07, 6.45) is 2.46. The zero-order chi connectivity index (χ0) is 15.4. The molecule has 114 valence electrons. The van der Waals surface area contributed by atoms with Crippen LogP contribution in [0.4, 0.5) is 0 Å². The highest BCUT2D eigenvalue weighted by Gasteiger charge is 2.19. The highest BCUT2D eigenvalue weighted by Crippen LogP contribution is 2.46. The minimum absolute atomic E-state index is 1.12. The average Bonchev–Trinajstić information content (AvgIpc) is 3.21. The summed E-state index contributed by atoms with van der Waals surface area (Å²) in [4.78, 5) is 1.45. The maximum atomic E-state index is 2.58. The number of fused-ring (bicyclic) bond motifs is 7. The van der Waals surface area contributed by atoms with Gasteiger partial charge in [-0.1, -0.05) is 49.7 Å². The Kier molecular flexibility index (Phi) is 3.00. The van der Waals surface area contributed by atoms with Crippen molar-refractivity contribution in [2.75, 3.05) is 0 Å². The van der Waals surface area contributed by atoms with Gasteiger partial charge in [-0.2, -0.15) is 0 Å². The Hall–Kier alpha value is -1.84. The molecule has 3 heteroatoms. The molecule has 2 aromatic carbocycles. The molecule has 0 saturated carbocycles. The second kappa shape index (κ2) is 5.08. The molecule has 0 aliphatic carbocycles. The lowest BCUT2D eigenvalue weighted by Crippen LogP contribution is -1.95. The van der Waals surface area contributed by atoms with Crippen LogP contribution >= 0.6 is 22.7 Å². The summed E-state index contributed by atoms with van der Waals surface area (Å²) in [5.41, 5.74) is 1.45. The molecule has 0 aliphatic rings. The van der Waals surface area contributed by atoms with Crippen LogP contribution in [0.25, 0.3) is 40.6 Å². The fraction of sp³-hybridized carbons (Fsp3) is 0.200. The fourth-order valence-electron chi connectivity index (χ4n) is 3.54. The van der Waals surface area contributed by atoms with E-state index in [2.05, 4.69) is 60.0 Å². The summed E-state index contributed by atoms with van der Waals surface area (Å²) >= 11 is 3.90. The van der Waals surface area contributed by atoms with E-state index in [9.17, 15) is 0 Å². The molecule has 5 rings (SSSR count). The van der Waals surface area contributed by atoms with Crippen LogP contribution in [0.2, 0.25) is 0 Å². The molecule has 0 saturated heterocycles. The van der Waals surface area contributed by atoms with Crippen LogP contribution in [0, 0.1) is 0 Å². The number of unbranched alkanes of at least 4 members (excludes halogenated alkanes) is 1. The third-order valence-electron chi connectivity index (χ3n) is 4.62. The van der Waals surface area contributed by atoms with Gasteiger partial charge in [-0.3, -0.25) is 0 Å². The maximum Gasteiger partial charge on any atom is 0.105 e.